The minimum absolute atomic E-state index is 0.666. The van der Waals surface area contributed by atoms with Crippen LogP contribution in [0.15, 0.2) is 17.0 Å². The quantitative estimate of drug-likeness (QED) is 0.781. The van der Waals surface area contributed by atoms with E-state index in [0.29, 0.717) is 5.92 Å². The Morgan fingerprint density at radius 3 is 2.93 bits per heavy atom. The predicted molar refractivity (Wildman–Crippen MR) is 58.2 cm³/mol. The normalized spacial score (nSPS) is 16.4. The molecule has 0 unspecified atom stereocenters. The van der Waals surface area contributed by atoms with Gasteiger partial charge in [-0.2, -0.15) is 0 Å². The monoisotopic (exact) mass is 251 g/mol. The van der Waals surface area contributed by atoms with E-state index in [2.05, 4.69) is 25.9 Å². The van der Waals surface area contributed by atoms with Crippen LogP contribution in [-0.4, -0.2) is 14.5 Å². The molecule has 1 aliphatic rings. The van der Waals surface area contributed by atoms with E-state index in [9.17, 15) is 0 Å². The molecule has 0 bridgehead atoms. The maximum Gasteiger partial charge on any atom is 0.144 e. The number of nitrogens with zero attached hydrogens (tertiary/aromatic N) is 3. The molecular formula is C10H10BrN3. The molecule has 0 aliphatic heterocycles. The van der Waals surface area contributed by atoms with Crippen molar-refractivity contribution in [3.63, 3.8) is 0 Å². The fraction of sp³-hybridized carbons (Fsp3) is 0.400. The van der Waals surface area contributed by atoms with Crippen LogP contribution >= 0.6 is 15.9 Å². The van der Waals surface area contributed by atoms with Gasteiger partial charge in [-0.3, -0.25) is 0 Å². The summed E-state index contributed by atoms with van der Waals surface area (Å²) in [5.74, 6) is 0.666. The van der Waals surface area contributed by atoms with Crippen LogP contribution in [0.3, 0.4) is 0 Å². The number of aromatic nitrogens is 3. The van der Waals surface area contributed by atoms with Crippen molar-refractivity contribution in [2.24, 2.45) is 7.05 Å². The minimum Gasteiger partial charge on any atom is -0.334 e. The SMILES string of the molecule is Cn1cc(Br)c2c(C3CC3)ncnc21. The van der Waals surface area contributed by atoms with Gasteiger partial charge in [0.1, 0.15) is 12.0 Å². The molecule has 2 aromatic rings. The van der Waals surface area contributed by atoms with E-state index in [-0.39, 0.29) is 0 Å². The van der Waals surface area contributed by atoms with Gasteiger partial charge in [0.25, 0.3) is 0 Å². The molecule has 0 N–H and O–H groups in total. The maximum atomic E-state index is 4.39. The Morgan fingerprint density at radius 2 is 2.21 bits per heavy atom. The zero-order valence-electron chi connectivity index (χ0n) is 7.87. The number of halogens is 1. The highest BCUT2D eigenvalue weighted by Crippen LogP contribution is 2.43. The van der Waals surface area contributed by atoms with Gasteiger partial charge in [-0.05, 0) is 28.8 Å². The molecule has 2 heterocycles. The third kappa shape index (κ3) is 1.10. The van der Waals surface area contributed by atoms with Crippen LogP contribution in [0.1, 0.15) is 24.5 Å². The second-order valence-electron chi connectivity index (χ2n) is 3.82. The van der Waals surface area contributed by atoms with E-state index >= 15 is 0 Å². The van der Waals surface area contributed by atoms with E-state index in [4.69, 9.17) is 0 Å². The van der Waals surface area contributed by atoms with Crippen LogP contribution in [0.4, 0.5) is 0 Å². The van der Waals surface area contributed by atoms with E-state index in [1.165, 1.54) is 23.9 Å². The Hall–Kier alpha value is -0.900. The van der Waals surface area contributed by atoms with Crippen molar-refractivity contribution in [1.29, 1.82) is 0 Å². The first-order valence-corrected chi connectivity index (χ1v) is 5.52. The van der Waals surface area contributed by atoms with Crippen LogP contribution in [0.2, 0.25) is 0 Å². The summed E-state index contributed by atoms with van der Waals surface area (Å²) in [6.45, 7) is 0. The van der Waals surface area contributed by atoms with Gasteiger partial charge >= 0.3 is 0 Å². The summed E-state index contributed by atoms with van der Waals surface area (Å²) in [4.78, 5) is 8.68. The van der Waals surface area contributed by atoms with Gasteiger partial charge in [0.2, 0.25) is 0 Å². The lowest BCUT2D eigenvalue weighted by Crippen LogP contribution is -1.93. The molecule has 0 aromatic carbocycles. The third-order valence-electron chi connectivity index (χ3n) is 2.70. The first-order valence-electron chi connectivity index (χ1n) is 4.73. The lowest BCUT2D eigenvalue weighted by atomic mass is 10.2. The highest BCUT2D eigenvalue weighted by molar-refractivity contribution is 9.10. The zero-order valence-corrected chi connectivity index (χ0v) is 9.45. The van der Waals surface area contributed by atoms with Crippen LogP contribution in [0.25, 0.3) is 11.0 Å². The average Bonchev–Trinajstić information content (AvgIpc) is 2.96. The fourth-order valence-corrected chi connectivity index (χ4v) is 2.54. The molecule has 1 aliphatic carbocycles. The van der Waals surface area contributed by atoms with E-state index in [1.807, 2.05) is 17.8 Å². The summed E-state index contributed by atoms with van der Waals surface area (Å²) in [5.41, 5.74) is 2.23. The number of fused-ring (bicyclic) bond motifs is 1. The van der Waals surface area contributed by atoms with E-state index in [0.717, 1.165) is 10.1 Å². The zero-order chi connectivity index (χ0) is 9.71. The highest BCUT2D eigenvalue weighted by atomic mass is 79.9. The second kappa shape index (κ2) is 2.79. The molecule has 1 saturated carbocycles. The molecule has 2 aromatic heterocycles. The standard InChI is InChI=1S/C10H10BrN3/c1-14-4-7(11)8-9(6-2-3-6)12-5-13-10(8)14/h4-6H,2-3H2,1H3. The Morgan fingerprint density at radius 1 is 1.43 bits per heavy atom. The summed E-state index contributed by atoms with van der Waals surface area (Å²) < 4.78 is 3.14. The number of aryl methyl sites for hydroxylation is 1. The molecule has 3 nitrogen and oxygen atoms in total. The summed E-state index contributed by atoms with van der Waals surface area (Å²) in [7, 11) is 2.01. The van der Waals surface area contributed by atoms with Crippen LogP contribution in [0.5, 0.6) is 0 Å². The van der Waals surface area contributed by atoms with Crippen molar-refractivity contribution in [1.82, 2.24) is 14.5 Å². The van der Waals surface area contributed by atoms with Crippen molar-refractivity contribution >= 4 is 27.0 Å². The van der Waals surface area contributed by atoms with E-state index < -0.39 is 0 Å². The molecule has 14 heavy (non-hydrogen) atoms. The molecule has 0 radical (unpaired) electrons. The van der Waals surface area contributed by atoms with Gasteiger partial charge in [-0.25, -0.2) is 9.97 Å². The Labute approximate surface area is 90.3 Å². The summed E-state index contributed by atoms with van der Waals surface area (Å²) in [5, 5.41) is 1.19. The van der Waals surface area contributed by atoms with Crippen molar-refractivity contribution in [3.8, 4) is 0 Å². The smallest absolute Gasteiger partial charge is 0.144 e. The summed E-state index contributed by atoms with van der Waals surface area (Å²) >= 11 is 3.56. The largest absolute Gasteiger partial charge is 0.334 e. The van der Waals surface area contributed by atoms with Crippen molar-refractivity contribution in [2.45, 2.75) is 18.8 Å². The fourth-order valence-electron chi connectivity index (χ4n) is 1.85. The molecule has 4 heteroatoms. The third-order valence-corrected chi connectivity index (χ3v) is 3.30. The van der Waals surface area contributed by atoms with Gasteiger partial charge in [-0.1, -0.05) is 0 Å². The number of rotatable bonds is 1. The number of hydrogen-bond acceptors (Lipinski definition) is 2. The molecule has 0 amide bonds. The van der Waals surface area contributed by atoms with Crippen molar-refractivity contribution in [2.75, 3.05) is 0 Å². The van der Waals surface area contributed by atoms with Crippen LogP contribution in [0, 0.1) is 0 Å². The lowest BCUT2D eigenvalue weighted by molar-refractivity contribution is 0.932. The topological polar surface area (TPSA) is 30.7 Å². The van der Waals surface area contributed by atoms with Crippen molar-refractivity contribution in [3.05, 3.63) is 22.7 Å². The van der Waals surface area contributed by atoms with Crippen LogP contribution < -0.4 is 0 Å². The van der Waals surface area contributed by atoms with Gasteiger partial charge < -0.3 is 4.57 Å². The highest BCUT2D eigenvalue weighted by Gasteiger charge is 2.28. The van der Waals surface area contributed by atoms with Gasteiger partial charge in [0, 0.05) is 23.6 Å². The maximum absolute atomic E-state index is 4.39. The molecule has 0 saturated heterocycles. The molecule has 1 fully saturated rings. The molecule has 3 rings (SSSR count). The first-order chi connectivity index (χ1) is 6.77. The summed E-state index contributed by atoms with van der Waals surface area (Å²) in [6.07, 6.45) is 6.26. The molecular weight excluding hydrogens is 242 g/mol. The Balaban J connectivity index is 2.38. The molecule has 0 spiro atoms. The summed E-state index contributed by atoms with van der Waals surface area (Å²) in [6, 6.07) is 0. The molecule has 72 valence electrons. The lowest BCUT2D eigenvalue weighted by Gasteiger charge is -2.00. The number of hydrogen-bond donors (Lipinski definition) is 0. The van der Waals surface area contributed by atoms with E-state index in [1.54, 1.807) is 6.33 Å². The van der Waals surface area contributed by atoms with Gasteiger partial charge in [-0.15, -0.1) is 0 Å². The Kier molecular flexibility index (Phi) is 1.68. The second-order valence-corrected chi connectivity index (χ2v) is 4.67. The first kappa shape index (κ1) is 8.41. The van der Waals surface area contributed by atoms with Gasteiger partial charge in [0.15, 0.2) is 0 Å². The minimum atomic E-state index is 0.666. The van der Waals surface area contributed by atoms with Gasteiger partial charge in [0.05, 0.1) is 11.1 Å². The average molecular weight is 252 g/mol. The van der Waals surface area contributed by atoms with Crippen molar-refractivity contribution < 1.29 is 0 Å². The predicted octanol–water partition coefficient (Wildman–Crippen LogP) is 2.61. The Bertz CT molecular complexity index is 499. The molecule has 0 atom stereocenters. The van der Waals surface area contributed by atoms with Crippen LogP contribution in [-0.2, 0) is 7.05 Å².